The second kappa shape index (κ2) is 9.30. The zero-order valence-electron chi connectivity index (χ0n) is 19.8. The first-order valence-corrected chi connectivity index (χ1v) is 12.5. The topological polar surface area (TPSA) is 33.1 Å². The van der Waals surface area contributed by atoms with Crippen LogP contribution in [0.15, 0.2) is 54.7 Å². The van der Waals surface area contributed by atoms with Gasteiger partial charge in [0.1, 0.15) is 0 Å². The van der Waals surface area contributed by atoms with Crippen molar-refractivity contribution in [2.24, 2.45) is 0 Å². The molecule has 1 N–H and O–H groups in total. The monoisotopic (exact) mass is 498 g/mol. The van der Waals surface area contributed by atoms with E-state index < -0.39 is 11.7 Å². The van der Waals surface area contributed by atoms with Gasteiger partial charge in [0.15, 0.2) is 5.11 Å². The van der Waals surface area contributed by atoms with E-state index in [0.717, 1.165) is 46.7 Å². The molecule has 4 nitrogen and oxygen atoms in total. The van der Waals surface area contributed by atoms with Gasteiger partial charge in [-0.3, -0.25) is 4.98 Å². The normalized spacial score (nSPS) is 21.4. The third-order valence-corrected chi connectivity index (χ3v) is 7.65. The molecule has 3 aromatic rings. The maximum Gasteiger partial charge on any atom is 0.416 e. The molecule has 3 heterocycles. The average Bonchev–Trinajstić information content (AvgIpc) is 3.34. The number of aromatic nitrogens is 2. The second-order valence-corrected chi connectivity index (χ2v) is 9.92. The van der Waals surface area contributed by atoms with E-state index in [1.165, 1.54) is 31.4 Å². The zero-order chi connectivity index (χ0) is 24.7. The van der Waals surface area contributed by atoms with Crippen LogP contribution in [0.4, 0.5) is 13.2 Å². The van der Waals surface area contributed by atoms with Crippen LogP contribution in [0.25, 0.3) is 5.69 Å². The molecular weight excluding hydrogens is 469 g/mol. The van der Waals surface area contributed by atoms with Gasteiger partial charge >= 0.3 is 6.18 Å². The van der Waals surface area contributed by atoms with E-state index in [4.69, 9.17) is 12.2 Å². The van der Waals surface area contributed by atoms with Crippen LogP contribution in [0.1, 0.15) is 72.4 Å². The Bertz CT molecular complexity index is 1210. The van der Waals surface area contributed by atoms with Crippen LogP contribution in [0.3, 0.4) is 0 Å². The number of aryl methyl sites for hydroxylation is 1. The number of nitrogens with one attached hydrogen (secondary N) is 1. The van der Waals surface area contributed by atoms with Crippen LogP contribution in [-0.4, -0.2) is 25.6 Å². The molecule has 0 amide bonds. The summed E-state index contributed by atoms with van der Waals surface area (Å²) < 4.78 is 42.2. The highest BCUT2D eigenvalue weighted by atomic mass is 32.1. The van der Waals surface area contributed by atoms with E-state index in [1.807, 2.05) is 36.6 Å². The van der Waals surface area contributed by atoms with Crippen LogP contribution in [-0.2, 0) is 6.18 Å². The molecule has 184 valence electrons. The Hall–Kier alpha value is -2.87. The van der Waals surface area contributed by atoms with Crippen molar-refractivity contribution in [3.63, 3.8) is 0 Å². The van der Waals surface area contributed by atoms with Crippen molar-refractivity contribution >= 4 is 17.3 Å². The highest BCUT2D eigenvalue weighted by molar-refractivity contribution is 7.80. The maximum atomic E-state index is 13.4. The van der Waals surface area contributed by atoms with Gasteiger partial charge in [-0.25, -0.2) is 0 Å². The number of hydrogen-bond acceptors (Lipinski definition) is 2. The van der Waals surface area contributed by atoms with Crippen LogP contribution < -0.4 is 5.32 Å². The van der Waals surface area contributed by atoms with E-state index in [-0.39, 0.29) is 12.1 Å². The van der Waals surface area contributed by atoms with Gasteiger partial charge in [-0.15, -0.1) is 0 Å². The Morgan fingerprint density at radius 3 is 2.46 bits per heavy atom. The lowest BCUT2D eigenvalue weighted by atomic mass is 9.90. The molecule has 8 heteroatoms. The Labute approximate surface area is 209 Å². The number of pyridine rings is 1. The number of rotatable bonds is 4. The number of halogens is 3. The number of thiocarbonyl (C=S) groups is 1. The smallest absolute Gasteiger partial charge is 0.352 e. The molecule has 2 aliphatic rings. The van der Waals surface area contributed by atoms with Crippen molar-refractivity contribution in [1.29, 1.82) is 0 Å². The molecule has 35 heavy (non-hydrogen) atoms. The van der Waals surface area contributed by atoms with Gasteiger partial charge in [-0.2, -0.15) is 13.2 Å². The van der Waals surface area contributed by atoms with Gasteiger partial charge in [0.25, 0.3) is 0 Å². The zero-order valence-corrected chi connectivity index (χ0v) is 20.7. The molecule has 5 rings (SSSR count). The van der Waals surface area contributed by atoms with Gasteiger partial charge in [0.2, 0.25) is 0 Å². The number of hydrogen-bond donors (Lipinski definition) is 1. The van der Waals surface area contributed by atoms with Crippen LogP contribution in [0.5, 0.6) is 0 Å². The minimum atomic E-state index is -4.39. The van der Waals surface area contributed by atoms with Crippen molar-refractivity contribution in [1.82, 2.24) is 19.8 Å². The Balaban J connectivity index is 1.62. The lowest BCUT2D eigenvalue weighted by Crippen LogP contribution is -2.40. The lowest BCUT2D eigenvalue weighted by molar-refractivity contribution is -0.137. The highest BCUT2D eigenvalue weighted by Gasteiger charge is 2.44. The van der Waals surface area contributed by atoms with Gasteiger partial charge in [0.05, 0.1) is 23.3 Å². The Morgan fingerprint density at radius 1 is 1.00 bits per heavy atom. The summed E-state index contributed by atoms with van der Waals surface area (Å²) in [5, 5.41) is 4.25. The summed E-state index contributed by atoms with van der Waals surface area (Å²) >= 11 is 5.87. The fourth-order valence-corrected chi connectivity index (χ4v) is 6.15. The minimum absolute atomic E-state index is 0.0914. The van der Waals surface area contributed by atoms with E-state index in [9.17, 15) is 13.2 Å². The molecule has 2 fully saturated rings. The standard InChI is InChI=1S/C27H29F3N4S/c1-17-15-22(18(2)33(17)21-12-8-9-19(16-21)27(28,29)30)25-24(23-13-6-7-14-31-23)32-26(35)34(25)20-10-4-3-5-11-20/h6-9,12-16,20,24-25H,3-5,10-11H2,1-2H3,(H,32,35)/t24-,25-/m0/s1. The van der Waals surface area contributed by atoms with Crippen molar-refractivity contribution in [2.45, 2.75) is 70.3 Å². The molecule has 0 bridgehead atoms. The van der Waals surface area contributed by atoms with Gasteiger partial charge < -0.3 is 14.8 Å². The fraction of sp³-hybridized carbons (Fsp3) is 0.407. The number of nitrogens with zero attached hydrogens (tertiary/aromatic N) is 3. The summed E-state index contributed by atoms with van der Waals surface area (Å²) in [6, 6.07) is 13.6. The molecule has 0 radical (unpaired) electrons. The van der Waals surface area contributed by atoms with Crippen molar-refractivity contribution < 1.29 is 13.2 Å². The van der Waals surface area contributed by atoms with Crippen molar-refractivity contribution in [3.05, 3.63) is 82.9 Å². The maximum absolute atomic E-state index is 13.4. The van der Waals surface area contributed by atoms with Crippen LogP contribution in [0.2, 0.25) is 0 Å². The molecule has 0 spiro atoms. The van der Waals surface area contributed by atoms with Gasteiger partial charge in [-0.1, -0.05) is 31.4 Å². The summed E-state index contributed by atoms with van der Waals surface area (Å²) in [4.78, 5) is 6.96. The van der Waals surface area contributed by atoms with Gasteiger partial charge in [-0.05, 0) is 80.9 Å². The number of benzene rings is 1. The first-order valence-electron chi connectivity index (χ1n) is 12.1. The Kier molecular flexibility index (Phi) is 6.34. The fourth-order valence-electron chi connectivity index (χ4n) is 5.76. The van der Waals surface area contributed by atoms with Crippen molar-refractivity contribution in [2.75, 3.05) is 0 Å². The third kappa shape index (κ3) is 4.44. The largest absolute Gasteiger partial charge is 0.416 e. The third-order valence-electron chi connectivity index (χ3n) is 7.32. The van der Waals surface area contributed by atoms with Crippen LogP contribution >= 0.6 is 12.2 Å². The molecule has 1 saturated heterocycles. The molecular formula is C27H29F3N4S. The summed E-state index contributed by atoms with van der Waals surface area (Å²) in [5.74, 6) is 0. The van der Waals surface area contributed by atoms with E-state index in [1.54, 1.807) is 12.3 Å². The van der Waals surface area contributed by atoms with E-state index >= 15 is 0 Å². The predicted molar refractivity (Wildman–Crippen MR) is 134 cm³/mol. The van der Waals surface area contributed by atoms with Crippen molar-refractivity contribution in [3.8, 4) is 5.69 Å². The van der Waals surface area contributed by atoms with E-state index in [2.05, 4.69) is 21.3 Å². The highest BCUT2D eigenvalue weighted by Crippen LogP contribution is 2.44. The first-order chi connectivity index (χ1) is 16.8. The van der Waals surface area contributed by atoms with Gasteiger partial charge in [0, 0.05) is 29.3 Å². The molecule has 1 aliphatic heterocycles. The summed E-state index contributed by atoms with van der Waals surface area (Å²) in [6.07, 6.45) is 3.15. The van der Waals surface area contributed by atoms with E-state index in [0.29, 0.717) is 11.7 Å². The molecule has 2 aromatic heterocycles. The molecule has 1 aliphatic carbocycles. The summed E-state index contributed by atoms with van der Waals surface area (Å²) in [7, 11) is 0. The number of alkyl halides is 3. The Morgan fingerprint density at radius 2 is 1.77 bits per heavy atom. The summed E-state index contributed by atoms with van der Waals surface area (Å²) in [5.41, 5.74) is 3.63. The minimum Gasteiger partial charge on any atom is -0.352 e. The van der Waals surface area contributed by atoms with Crippen LogP contribution in [0, 0.1) is 13.8 Å². The molecule has 1 saturated carbocycles. The summed E-state index contributed by atoms with van der Waals surface area (Å²) in [6.45, 7) is 3.93. The lowest BCUT2D eigenvalue weighted by Gasteiger charge is -2.37. The average molecular weight is 499 g/mol. The SMILES string of the molecule is Cc1cc([C@H]2[C@H](c3ccccn3)NC(=S)N2C2CCCCC2)c(C)n1-c1cccc(C(F)(F)F)c1. The quantitative estimate of drug-likeness (QED) is 0.401. The first kappa shape index (κ1) is 23.9. The molecule has 2 atom stereocenters. The predicted octanol–water partition coefficient (Wildman–Crippen LogP) is 6.81. The molecule has 0 unspecified atom stereocenters. The second-order valence-electron chi connectivity index (χ2n) is 9.54. The molecule has 1 aromatic carbocycles.